The van der Waals surface area contributed by atoms with Gasteiger partial charge in [-0.15, -0.1) is 0 Å². The Morgan fingerprint density at radius 2 is 1.86 bits per heavy atom. The highest BCUT2D eigenvalue weighted by Crippen LogP contribution is 2.37. The predicted molar refractivity (Wildman–Crippen MR) is 81.5 cm³/mol. The number of nitrogens with zero attached hydrogens (tertiary/aromatic N) is 3. The van der Waals surface area contributed by atoms with Gasteiger partial charge in [0.25, 0.3) is 0 Å². The molecule has 4 rings (SSSR count). The Kier molecular flexibility index (Phi) is 2.58. The van der Waals surface area contributed by atoms with Crippen LogP contribution in [0.25, 0.3) is 11.0 Å². The van der Waals surface area contributed by atoms with Gasteiger partial charge in [-0.25, -0.2) is 4.98 Å². The van der Waals surface area contributed by atoms with Crippen molar-refractivity contribution in [2.24, 2.45) is 0 Å². The van der Waals surface area contributed by atoms with E-state index in [-0.39, 0.29) is 18.3 Å². The van der Waals surface area contributed by atoms with E-state index in [2.05, 4.69) is 50.0 Å². The average Bonchev–Trinajstić information content (AvgIpc) is 3.11. The molecule has 1 saturated carbocycles. The molecule has 0 amide bonds. The Hall–Kier alpha value is -1.40. The third-order valence-corrected chi connectivity index (χ3v) is 4.84. The molecule has 21 heavy (non-hydrogen) atoms. The summed E-state index contributed by atoms with van der Waals surface area (Å²) in [7, 11) is -0.365. The predicted octanol–water partition coefficient (Wildman–Crippen LogP) is 2.07. The molecular weight excluding hydrogens is 265 g/mol. The molecule has 110 valence electrons. The molecule has 5 nitrogen and oxygen atoms in total. The first-order valence-electron chi connectivity index (χ1n) is 7.56. The molecule has 0 N–H and O–H groups in total. The number of hydrogen-bond donors (Lipinski definition) is 0. The van der Waals surface area contributed by atoms with Crippen molar-refractivity contribution in [1.29, 1.82) is 0 Å². The van der Waals surface area contributed by atoms with Gasteiger partial charge in [-0.1, -0.05) is 0 Å². The third kappa shape index (κ3) is 2.08. The molecule has 3 heterocycles. The molecule has 2 fully saturated rings. The monoisotopic (exact) mass is 285 g/mol. The van der Waals surface area contributed by atoms with Gasteiger partial charge in [-0.2, -0.15) is 5.10 Å². The highest BCUT2D eigenvalue weighted by atomic mass is 16.7. The van der Waals surface area contributed by atoms with Gasteiger partial charge >= 0.3 is 7.12 Å². The summed E-state index contributed by atoms with van der Waals surface area (Å²) in [5, 5.41) is 5.57. The van der Waals surface area contributed by atoms with E-state index >= 15 is 0 Å². The van der Waals surface area contributed by atoms with Crippen molar-refractivity contribution in [3.8, 4) is 0 Å². The molecule has 0 unspecified atom stereocenters. The normalized spacial score (nSPS) is 23.9. The van der Waals surface area contributed by atoms with E-state index in [1.165, 1.54) is 12.8 Å². The van der Waals surface area contributed by atoms with Gasteiger partial charge < -0.3 is 9.31 Å². The van der Waals surface area contributed by atoms with Crippen molar-refractivity contribution in [1.82, 2.24) is 14.8 Å². The third-order valence-electron chi connectivity index (χ3n) is 4.84. The van der Waals surface area contributed by atoms with E-state index in [9.17, 15) is 0 Å². The summed E-state index contributed by atoms with van der Waals surface area (Å²) < 4.78 is 14.2. The summed E-state index contributed by atoms with van der Waals surface area (Å²) >= 11 is 0. The smallest absolute Gasteiger partial charge is 0.399 e. The lowest BCUT2D eigenvalue weighted by Crippen LogP contribution is -2.41. The zero-order valence-corrected chi connectivity index (χ0v) is 13.0. The van der Waals surface area contributed by atoms with Crippen LogP contribution in [0.15, 0.2) is 18.5 Å². The van der Waals surface area contributed by atoms with Crippen LogP contribution >= 0.6 is 0 Å². The zero-order valence-electron chi connectivity index (χ0n) is 13.0. The van der Waals surface area contributed by atoms with E-state index in [1.54, 1.807) is 0 Å². The topological polar surface area (TPSA) is 49.2 Å². The molecule has 1 aliphatic heterocycles. The Morgan fingerprint density at radius 3 is 2.48 bits per heavy atom. The minimum Gasteiger partial charge on any atom is -0.399 e. The lowest BCUT2D eigenvalue weighted by Gasteiger charge is -2.32. The van der Waals surface area contributed by atoms with Gasteiger partial charge in [0.15, 0.2) is 5.65 Å². The number of pyridine rings is 1. The minimum atomic E-state index is -0.365. The number of fused-ring (bicyclic) bond motifs is 1. The van der Waals surface area contributed by atoms with Crippen molar-refractivity contribution in [2.45, 2.75) is 57.8 Å². The molecule has 0 spiro atoms. The van der Waals surface area contributed by atoms with Crippen molar-refractivity contribution in [2.75, 3.05) is 0 Å². The molecule has 2 aromatic rings. The molecular formula is C15H20BN3O2. The molecule has 6 heteroatoms. The Bertz CT molecular complexity index is 690. The van der Waals surface area contributed by atoms with Crippen LogP contribution in [0.2, 0.25) is 0 Å². The summed E-state index contributed by atoms with van der Waals surface area (Å²) in [5.41, 5.74) is 1.09. The average molecular weight is 285 g/mol. The fourth-order valence-corrected chi connectivity index (χ4v) is 2.59. The zero-order chi connectivity index (χ0) is 14.8. The molecule has 2 aromatic heterocycles. The van der Waals surface area contributed by atoms with Gasteiger partial charge in [0.1, 0.15) is 0 Å². The van der Waals surface area contributed by atoms with Gasteiger partial charge in [0, 0.05) is 23.2 Å². The van der Waals surface area contributed by atoms with Crippen LogP contribution in [0.5, 0.6) is 0 Å². The number of hydrogen-bond acceptors (Lipinski definition) is 4. The van der Waals surface area contributed by atoms with Gasteiger partial charge in [0.2, 0.25) is 0 Å². The summed E-state index contributed by atoms with van der Waals surface area (Å²) in [6.45, 7) is 8.24. The van der Waals surface area contributed by atoms with E-state index in [1.807, 2.05) is 10.9 Å². The fraction of sp³-hybridized carbons (Fsp3) is 0.600. The maximum Gasteiger partial charge on any atom is 0.496 e. The van der Waals surface area contributed by atoms with E-state index in [0.29, 0.717) is 6.04 Å². The highest BCUT2D eigenvalue weighted by Gasteiger charge is 2.51. The Balaban J connectivity index is 1.68. The Labute approximate surface area is 124 Å². The Morgan fingerprint density at radius 1 is 1.19 bits per heavy atom. The van der Waals surface area contributed by atoms with Crippen LogP contribution in [0.3, 0.4) is 0 Å². The molecule has 0 aromatic carbocycles. The second-order valence-corrected chi connectivity index (χ2v) is 7.11. The van der Waals surface area contributed by atoms with Gasteiger partial charge in [0.05, 0.1) is 17.2 Å². The van der Waals surface area contributed by atoms with E-state index < -0.39 is 0 Å². The number of rotatable bonds is 2. The maximum atomic E-state index is 6.08. The first-order chi connectivity index (χ1) is 9.86. The SMILES string of the molecule is CC1(C)OB(c2cnc3nn(C4CC4)cc3c2)OC1(C)C. The molecule has 0 radical (unpaired) electrons. The summed E-state index contributed by atoms with van der Waals surface area (Å²) in [6.07, 6.45) is 6.33. The summed E-state index contributed by atoms with van der Waals surface area (Å²) in [5.74, 6) is 0. The first-order valence-corrected chi connectivity index (χ1v) is 7.56. The van der Waals surface area contributed by atoms with Crippen molar-refractivity contribution >= 4 is 23.6 Å². The minimum absolute atomic E-state index is 0.329. The molecule has 1 aliphatic carbocycles. The lowest BCUT2D eigenvalue weighted by molar-refractivity contribution is 0.00578. The molecule has 1 saturated heterocycles. The second-order valence-electron chi connectivity index (χ2n) is 7.11. The van der Waals surface area contributed by atoms with Crippen LogP contribution in [0.4, 0.5) is 0 Å². The summed E-state index contributed by atoms with van der Waals surface area (Å²) in [4.78, 5) is 4.46. The van der Waals surface area contributed by atoms with Crippen LogP contribution in [-0.2, 0) is 9.31 Å². The molecule has 0 atom stereocenters. The van der Waals surface area contributed by atoms with Crippen LogP contribution in [-0.4, -0.2) is 33.1 Å². The van der Waals surface area contributed by atoms with Crippen molar-refractivity contribution < 1.29 is 9.31 Å². The van der Waals surface area contributed by atoms with Crippen LogP contribution in [0, 0.1) is 0 Å². The van der Waals surface area contributed by atoms with Crippen LogP contribution < -0.4 is 5.46 Å². The van der Waals surface area contributed by atoms with Gasteiger partial charge in [-0.3, -0.25) is 4.68 Å². The van der Waals surface area contributed by atoms with Crippen molar-refractivity contribution in [3.05, 3.63) is 18.5 Å². The maximum absolute atomic E-state index is 6.08. The number of aromatic nitrogens is 3. The lowest BCUT2D eigenvalue weighted by atomic mass is 9.80. The van der Waals surface area contributed by atoms with E-state index in [0.717, 1.165) is 16.5 Å². The van der Waals surface area contributed by atoms with Crippen LogP contribution in [0.1, 0.15) is 46.6 Å². The summed E-state index contributed by atoms with van der Waals surface area (Å²) in [6, 6.07) is 2.65. The fourth-order valence-electron chi connectivity index (χ4n) is 2.59. The largest absolute Gasteiger partial charge is 0.496 e. The molecule has 2 aliphatic rings. The second kappa shape index (κ2) is 4.08. The first kappa shape index (κ1) is 13.3. The van der Waals surface area contributed by atoms with Crippen molar-refractivity contribution in [3.63, 3.8) is 0 Å². The molecule has 0 bridgehead atoms. The highest BCUT2D eigenvalue weighted by molar-refractivity contribution is 6.62. The standard InChI is InChI=1S/C15H20BN3O2/c1-14(2)15(3,4)21-16(20-14)11-7-10-9-19(12-5-6-12)18-13(10)17-8-11/h7-9,12H,5-6H2,1-4H3. The quantitative estimate of drug-likeness (QED) is 0.792. The van der Waals surface area contributed by atoms with Gasteiger partial charge in [-0.05, 0) is 46.6 Å². The van der Waals surface area contributed by atoms with E-state index in [4.69, 9.17) is 9.31 Å².